The molecule has 0 amide bonds. The Hall–Kier alpha value is -0.340. The van der Waals surface area contributed by atoms with Crippen LogP contribution in [-0.2, 0) is 9.47 Å². The lowest BCUT2D eigenvalue weighted by Gasteiger charge is -2.56. The number of hydrogen-bond donors (Lipinski definition) is 0. The standard InChI is InChI=1S/C19H30O2/c1-13-5-6-14-15(17(13,2)3)7-9-18(4)16(14)8-10-19(18)20-11-12-21-19/h5,14-16H,6-12H2,1-4H3. The van der Waals surface area contributed by atoms with Crippen molar-refractivity contribution in [2.75, 3.05) is 13.2 Å². The first-order chi connectivity index (χ1) is 9.91. The van der Waals surface area contributed by atoms with E-state index >= 15 is 0 Å². The fraction of sp³-hybridized carbons (Fsp3) is 0.895. The predicted octanol–water partition coefficient (Wildman–Crippen LogP) is 4.55. The van der Waals surface area contributed by atoms with Crippen molar-refractivity contribution in [2.24, 2.45) is 28.6 Å². The third kappa shape index (κ3) is 1.67. The summed E-state index contributed by atoms with van der Waals surface area (Å²) < 4.78 is 12.4. The molecule has 1 saturated heterocycles. The normalized spacial score (nSPS) is 47.0. The summed E-state index contributed by atoms with van der Waals surface area (Å²) in [4.78, 5) is 0. The number of fused-ring (bicyclic) bond motifs is 4. The number of hydrogen-bond acceptors (Lipinski definition) is 2. The number of rotatable bonds is 0. The molecule has 21 heavy (non-hydrogen) atoms. The maximum Gasteiger partial charge on any atom is 0.174 e. The summed E-state index contributed by atoms with van der Waals surface area (Å²) in [5.41, 5.74) is 2.21. The molecule has 0 aromatic heterocycles. The van der Waals surface area contributed by atoms with Crippen molar-refractivity contribution in [3.63, 3.8) is 0 Å². The Labute approximate surface area is 129 Å². The van der Waals surface area contributed by atoms with Gasteiger partial charge in [0.05, 0.1) is 13.2 Å². The summed E-state index contributed by atoms with van der Waals surface area (Å²) in [5.74, 6) is 2.20. The number of allylic oxidation sites excluding steroid dienone is 2. The fourth-order valence-electron chi connectivity index (χ4n) is 6.27. The summed E-state index contributed by atoms with van der Waals surface area (Å²) in [5, 5.41) is 0. The van der Waals surface area contributed by atoms with Crippen molar-refractivity contribution in [3.05, 3.63) is 11.6 Å². The Morgan fingerprint density at radius 1 is 1.00 bits per heavy atom. The topological polar surface area (TPSA) is 18.5 Å². The van der Waals surface area contributed by atoms with E-state index in [4.69, 9.17) is 9.47 Å². The third-order valence-corrected chi connectivity index (χ3v) is 7.87. The van der Waals surface area contributed by atoms with Gasteiger partial charge in [-0.2, -0.15) is 0 Å². The summed E-state index contributed by atoms with van der Waals surface area (Å²) >= 11 is 0. The van der Waals surface area contributed by atoms with Gasteiger partial charge in [-0.15, -0.1) is 0 Å². The fourth-order valence-corrected chi connectivity index (χ4v) is 6.27. The van der Waals surface area contributed by atoms with Gasteiger partial charge < -0.3 is 9.47 Å². The molecular formula is C19H30O2. The molecule has 4 unspecified atom stereocenters. The first-order valence-electron chi connectivity index (χ1n) is 8.86. The van der Waals surface area contributed by atoms with Crippen LogP contribution in [0.5, 0.6) is 0 Å². The van der Waals surface area contributed by atoms with E-state index in [1.165, 1.54) is 25.7 Å². The van der Waals surface area contributed by atoms with Crippen LogP contribution in [0.25, 0.3) is 0 Å². The van der Waals surface area contributed by atoms with Crippen LogP contribution in [0.15, 0.2) is 11.6 Å². The lowest BCUT2D eigenvalue weighted by Crippen LogP contribution is -2.53. The zero-order valence-corrected chi connectivity index (χ0v) is 14.1. The second-order valence-electron chi connectivity index (χ2n) is 8.67. The van der Waals surface area contributed by atoms with Crippen LogP contribution in [0.3, 0.4) is 0 Å². The second-order valence-corrected chi connectivity index (χ2v) is 8.67. The van der Waals surface area contributed by atoms with E-state index in [1.54, 1.807) is 5.57 Å². The van der Waals surface area contributed by atoms with Crippen LogP contribution in [0.2, 0.25) is 0 Å². The van der Waals surface area contributed by atoms with Crippen molar-refractivity contribution >= 4 is 0 Å². The molecule has 2 heteroatoms. The molecule has 4 aliphatic rings. The van der Waals surface area contributed by atoms with Crippen LogP contribution in [-0.4, -0.2) is 19.0 Å². The largest absolute Gasteiger partial charge is 0.347 e. The maximum absolute atomic E-state index is 6.19. The minimum Gasteiger partial charge on any atom is -0.347 e. The Bertz CT molecular complexity index is 472. The van der Waals surface area contributed by atoms with Gasteiger partial charge in [0.15, 0.2) is 5.79 Å². The van der Waals surface area contributed by atoms with Gasteiger partial charge in [-0.1, -0.05) is 32.4 Å². The van der Waals surface area contributed by atoms with Crippen LogP contribution in [0, 0.1) is 28.6 Å². The minimum absolute atomic E-state index is 0.236. The van der Waals surface area contributed by atoms with Crippen LogP contribution in [0.1, 0.15) is 59.8 Å². The van der Waals surface area contributed by atoms with E-state index in [2.05, 4.69) is 33.8 Å². The summed E-state index contributed by atoms with van der Waals surface area (Å²) in [6.45, 7) is 11.3. The SMILES string of the molecule is CC1=CCC2C(CCC3(C)C2CCC32OCCO2)C1(C)C. The molecule has 4 atom stereocenters. The molecule has 0 bridgehead atoms. The highest BCUT2D eigenvalue weighted by atomic mass is 16.7. The monoisotopic (exact) mass is 290 g/mol. The Balaban J connectivity index is 1.70. The molecule has 3 fully saturated rings. The van der Waals surface area contributed by atoms with E-state index < -0.39 is 0 Å². The summed E-state index contributed by atoms with van der Waals surface area (Å²) in [7, 11) is 0. The van der Waals surface area contributed by atoms with E-state index in [0.717, 1.165) is 37.4 Å². The molecule has 0 radical (unpaired) electrons. The zero-order chi connectivity index (χ0) is 14.9. The molecule has 2 saturated carbocycles. The van der Waals surface area contributed by atoms with E-state index in [-0.39, 0.29) is 11.2 Å². The molecule has 1 spiro atoms. The van der Waals surface area contributed by atoms with Gasteiger partial charge in [0, 0.05) is 11.8 Å². The van der Waals surface area contributed by atoms with Crippen molar-refractivity contribution in [3.8, 4) is 0 Å². The highest BCUT2D eigenvalue weighted by molar-refractivity contribution is 5.21. The Morgan fingerprint density at radius 2 is 1.67 bits per heavy atom. The molecule has 1 heterocycles. The van der Waals surface area contributed by atoms with Crippen LogP contribution < -0.4 is 0 Å². The lowest BCUT2D eigenvalue weighted by molar-refractivity contribution is -0.241. The van der Waals surface area contributed by atoms with Gasteiger partial charge in [-0.05, 0) is 55.8 Å². The molecule has 118 valence electrons. The quantitative estimate of drug-likeness (QED) is 0.609. The average Bonchev–Trinajstić information content (AvgIpc) is 3.02. The lowest BCUT2D eigenvalue weighted by atomic mass is 9.50. The van der Waals surface area contributed by atoms with Crippen molar-refractivity contribution in [1.82, 2.24) is 0 Å². The Morgan fingerprint density at radius 3 is 2.38 bits per heavy atom. The van der Waals surface area contributed by atoms with E-state index in [1.807, 2.05) is 0 Å². The zero-order valence-electron chi connectivity index (χ0n) is 14.1. The van der Waals surface area contributed by atoms with Crippen LogP contribution >= 0.6 is 0 Å². The number of ether oxygens (including phenoxy) is 2. The van der Waals surface area contributed by atoms with Crippen molar-refractivity contribution in [1.29, 1.82) is 0 Å². The maximum atomic E-state index is 6.19. The second kappa shape index (κ2) is 4.35. The third-order valence-electron chi connectivity index (χ3n) is 7.87. The molecule has 4 rings (SSSR count). The minimum atomic E-state index is -0.247. The van der Waals surface area contributed by atoms with E-state index in [9.17, 15) is 0 Å². The first-order valence-corrected chi connectivity index (χ1v) is 8.86. The first kappa shape index (κ1) is 14.3. The molecule has 0 aromatic rings. The molecule has 0 N–H and O–H groups in total. The Kier molecular flexibility index (Phi) is 2.96. The van der Waals surface area contributed by atoms with Gasteiger partial charge in [-0.25, -0.2) is 0 Å². The summed E-state index contributed by atoms with van der Waals surface area (Å²) in [6.07, 6.45) is 8.81. The summed E-state index contributed by atoms with van der Waals surface area (Å²) in [6, 6.07) is 0. The molecule has 3 aliphatic carbocycles. The van der Waals surface area contributed by atoms with Gasteiger partial charge in [-0.3, -0.25) is 0 Å². The highest BCUT2D eigenvalue weighted by Crippen LogP contribution is 2.67. The highest BCUT2D eigenvalue weighted by Gasteiger charge is 2.65. The van der Waals surface area contributed by atoms with Gasteiger partial charge in [0.25, 0.3) is 0 Å². The predicted molar refractivity (Wildman–Crippen MR) is 83.8 cm³/mol. The van der Waals surface area contributed by atoms with Crippen LogP contribution in [0.4, 0.5) is 0 Å². The molecular weight excluding hydrogens is 260 g/mol. The molecule has 0 aromatic carbocycles. The smallest absolute Gasteiger partial charge is 0.174 e. The van der Waals surface area contributed by atoms with Crippen molar-refractivity contribution < 1.29 is 9.47 Å². The van der Waals surface area contributed by atoms with Gasteiger partial charge in [0.2, 0.25) is 0 Å². The molecule has 2 nitrogen and oxygen atoms in total. The van der Waals surface area contributed by atoms with E-state index in [0.29, 0.717) is 5.41 Å². The molecule has 1 aliphatic heterocycles. The average molecular weight is 290 g/mol. The van der Waals surface area contributed by atoms with Gasteiger partial charge in [0.1, 0.15) is 0 Å². The van der Waals surface area contributed by atoms with Gasteiger partial charge >= 0.3 is 0 Å². The van der Waals surface area contributed by atoms with Crippen molar-refractivity contribution in [2.45, 2.75) is 65.6 Å².